The van der Waals surface area contributed by atoms with Crippen LogP contribution in [0.25, 0.3) is 0 Å². The minimum atomic E-state index is -1.48. The molecule has 0 radical (unpaired) electrons. The Kier molecular flexibility index (Phi) is 5.99. The molecule has 4 nitrogen and oxygen atoms in total. The molecule has 1 heterocycles. The lowest BCUT2D eigenvalue weighted by Gasteiger charge is -2.41. The maximum Gasteiger partial charge on any atom is 0.272 e. The van der Waals surface area contributed by atoms with Crippen LogP contribution < -0.4 is 5.32 Å². The zero-order chi connectivity index (χ0) is 19.6. The molecule has 1 aliphatic carbocycles. The second-order valence-corrected chi connectivity index (χ2v) is 7.45. The van der Waals surface area contributed by atoms with Gasteiger partial charge in [0.05, 0.1) is 21.7 Å². The maximum absolute atomic E-state index is 14.0. The van der Waals surface area contributed by atoms with Gasteiger partial charge in [-0.3, -0.25) is 4.79 Å². The van der Waals surface area contributed by atoms with Gasteiger partial charge >= 0.3 is 0 Å². The number of halogens is 4. The topological polar surface area (TPSA) is 62.2 Å². The zero-order valence-corrected chi connectivity index (χ0v) is 15.8. The summed E-state index contributed by atoms with van der Waals surface area (Å²) in [5, 5.41) is 13.8. The van der Waals surface area contributed by atoms with Crippen LogP contribution >= 0.6 is 23.2 Å². The Morgan fingerprint density at radius 2 is 1.96 bits per heavy atom. The highest BCUT2D eigenvalue weighted by Crippen LogP contribution is 2.42. The van der Waals surface area contributed by atoms with Crippen molar-refractivity contribution in [3.8, 4) is 0 Å². The Bertz CT molecular complexity index is 842. The van der Waals surface area contributed by atoms with E-state index in [4.69, 9.17) is 23.2 Å². The number of pyridine rings is 1. The molecular formula is C19H18Cl2F2N2O2. The molecule has 1 saturated carbocycles. The largest absolute Gasteiger partial charge is 0.387 e. The molecule has 0 saturated heterocycles. The maximum atomic E-state index is 14.0. The molecule has 0 bridgehead atoms. The van der Waals surface area contributed by atoms with Gasteiger partial charge in [0, 0.05) is 6.20 Å². The van der Waals surface area contributed by atoms with E-state index in [1.807, 2.05) is 0 Å². The molecule has 144 valence electrons. The van der Waals surface area contributed by atoms with Crippen molar-refractivity contribution in [1.82, 2.24) is 10.3 Å². The van der Waals surface area contributed by atoms with Crippen molar-refractivity contribution in [2.75, 3.05) is 0 Å². The monoisotopic (exact) mass is 414 g/mol. The van der Waals surface area contributed by atoms with Crippen molar-refractivity contribution in [2.24, 2.45) is 0 Å². The summed E-state index contributed by atoms with van der Waals surface area (Å²) >= 11 is 12.1. The third-order valence-electron chi connectivity index (χ3n) is 4.86. The third kappa shape index (κ3) is 4.23. The van der Waals surface area contributed by atoms with Gasteiger partial charge < -0.3 is 10.4 Å². The molecule has 1 aromatic carbocycles. The Hall–Kier alpha value is -1.76. The second-order valence-electron chi connectivity index (χ2n) is 6.66. The summed E-state index contributed by atoms with van der Waals surface area (Å²) in [4.78, 5) is 16.7. The summed E-state index contributed by atoms with van der Waals surface area (Å²) in [5.74, 6) is -1.31. The molecule has 1 amide bonds. The SMILES string of the molecule is O=C(NC(c1cccc(F)c1Cl)[C@]1(O)CC[C@H](F)CC1)c1ncccc1Cl. The van der Waals surface area contributed by atoms with Gasteiger partial charge in [-0.2, -0.15) is 0 Å². The molecule has 1 aliphatic rings. The van der Waals surface area contributed by atoms with Crippen LogP contribution in [0.15, 0.2) is 36.5 Å². The van der Waals surface area contributed by atoms with Crippen LogP contribution in [-0.2, 0) is 0 Å². The number of nitrogens with zero attached hydrogens (tertiary/aromatic N) is 1. The first-order chi connectivity index (χ1) is 12.8. The quantitative estimate of drug-likeness (QED) is 0.765. The van der Waals surface area contributed by atoms with Crippen molar-refractivity contribution in [3.63, 3.8) is 0 Å². The molecule has 1 atom stereocenters. The molecule has 8 heteroatoms. The van der Waals surface area contributed by atoms with Crippen molar-refractivity contribution < 1.29 is 18.7 Å². The first-order valence-corrected chi connectivity index (χ1v) is 9.29. The van der Waals surface area contributed by atoms with Gasteiger partial charge in [0.2, 0.25) is 0 Å². The molecular weight excluding hydrogens is 397 g/mol. The molecule has 0 aliphatic heterocycles. The van der Waals surface area contributed by atoms with E-state index < -0.39 is 29.5 Å². The van der Waals surface area contributed by atoms with E-state index in [-0.39, 0.29) is 47.0 Å². The van der Waals surface area contributed by atoms with Crippen LogP contribution in [0.5, 0.6) is 0 Å². The molecule has 2 aromatic rings. The molecule has 3 rings (SSSR count). The fraction of sp³-hybridized carbons (Fsp3) is 0.368. The van der Waals surface area contributed by atoms with Crippen LogP contribution in [0.2, 0.25) is 10.0 Å². The van der Waals surface area contributed by atoms with Crippen molar-refractivity contribution >= 4 is 29.1 Å². The normalized spacial score (nSPS) is 23.7. The lowest BCUT2D eigenvalue weighted by molar-refractivity contribution is -0.0446. The van der Waals surface area contributed by atoms with Gasteiger partial charge in [-0.25, -0.2) is 13.8 Å². The first-order valence-electron chi connectivity index (χ1n) is 8.53. The summed E-state index contributed by atoms with van der Waals surface area (Å²) in [6.07, 6.45) is 0.868. The molecule has 0 spiro atoms. The van der Waals surface area contributed by atoms with E-state index in [1.165, 1.54) is 30.5 Å². The molecule has 1 unspecified atom stereocenters. The van der Waals surface area contributed by atoms with Gasteiger partial charge in [0.1, 0.15) is 17.7 Å². The number of hydrogen-bond acceptors (Lipinski definition) is 3. The zero-order valence-electron chi connectivity index (χ0n) is 14.3. The molecule has 1 fully saturated rings. The summed E-state index contributed by atoms with van der Waals surface area (Å²) in [6.45, 7) is 0. The Balaban J connectivity index is 1.99. The Labute approximate surface area is 165 Å². The molecule has 1 aromatic heterocycles. The summed E-state index contributed by atoms with van der Waals surface area (Å²) < 4.78 is 27.6. The predicted octanol–water partition coefficient (Wildman–Crippen LogP) is 4.64. The predicted molar refractivity (Wildman–Crippen MR) is 99.2 cm³/mol. The number of benzene rings is 1. The highest BCUT2D eigenvalue weighted by atomic mass is 35.5. The second kappa shape index (κ2) is 8.09. The smallest absolute Gasteiger partial charge is 0.272 e. The number of nitrogens with one attached hydrogen (secondary N) is 1. The summed E-state index contributed by atoms with van der Waals surface area (Å²) in [6, 6.07) is 6.19. The fourth-order valence-electron chi connectivity index (χ4n) is 3.37. The van der Waals surface area contributed by atoms with Gasteiger partial charge in [-0.05, 0) is 49.4 Å². The van der Waals surface area contributed by atoms with Gasteiger partial charge in [0.15, 0.2) is 0 Å². The van der Waals surface area contributed by atoms with Crippen LogP contribution in [-0.4, -0.2) is 27.8 Å². The number of aliphatic hydroxyl groups is 1. The van der Waals surface area contributed by atoms with Gasteiger partial charge in [0.25, 0.3) is 5.91 Å². The highest BCUT2D eigenvalue weighted by molar-refractivity contribution is 6.33. The average Bonchev–Trinajstić information content (AvgIpc) is 2.65. The highest BCUT2D eigenvalue weighted by Gasteiger charge is 2.43. The number of aromatic nitrogens is 1. The summed E-state index contributed by atoms with van der Waals surface area (Å²) in [5.41, 5.74) is -1.28. The van der Waals surface area contributed by atoms with Crippen LogP contribution in [0.4, 0.5) is 8.78 Å². The lowest BCUT2D eigenvalue weighted by atomic mass is 9.76. The Morgan fingerprint density at radius 1 is 1.26 bits per heavy atom. The van der Waals surface area contributed by atoms with Crippen LogP contribution in [0.1, 0.15) is 47.8 Å². The number of hydrogen-bond donors (Lipinski definition) is 2. The van der Waals surface area contributed by atoms with E-state index in [2.05, 4.69) is 10.3 Å². The minimum absolute atomic E-state index is 0.0283. The first kappa shape index (κ1) is 20.0. The van der Waals surface area contributed by atoms with E-state index >= 15 is 0 Å². The van der Waals surface area contributed by atoms with E-state index in [0.717, 1.165) is 0 Å². The van der Waals surface area contributed by atoms with Crippen molar-refractivity contribution in [2.45, 2.75) is 43.5 Å². The third-order valence-corrected chi connectivity index (χ3v) is 5.56. The number of alkyl halides is 1. The lowest BCUT2D eigenvalue weighted by Crippen LogP contribution is -2.49. The van der Waals surface area contributed by atoms with E-state index in [9.17, 15) is 18.7 Å². The number of rotatable bonds is 4. The number of amides is 1. The van der Waals surface area contributed by atoms with Crippen molar-refractivity contribution in [1.29, 1.82) is 0 Å². The molecule has 2 N–H and O–H groups in total. The standard InChI is InChI=1S/C19H18Cl2F2N2O2/c20-13-4-2-10-24-16(13)18(26)25-17(12-3-1-5-14(23)15(12)21)19(27)8-6-11(22)7-9-19/h1-5,10-11,17,27H,6-9H2,(H,25,26)/t11-,17?,19-. The number of carbonyl (C=O) groups excluding carboxylic acids is 1. The van der Waals surface area contributed by atoms with Crippen molar-refractivity contribution in [3.05, 3.63) is 63.6 Å². The van der Waals surface area contributed by atoms with E-state index in [1.54, 1.807) is 6.07 Å². The minimum Gasteiger partial charge on any atom is -0.387 e. The van der Waals surface area contributed by atoms with Crippen LogP contribution in [0, 0.1) is 5.82 Å². The molecule has 27 heavy (non-hydrogen) atoms. The van der Waals surface area contributed by atoms with Gasteiger partial charge in [-0.1, -0.05) is 35.3 Å². The van der Waals surface area contributed by atoms with Crippen LogP contribution in [0.3, 0.4) is 0 Å². The fourth-order valence-corrected chi connectivity index (χ4v) is 3.81. The van der Waals surface area contributed by atoms with Gasteiger partial charge in [-0.15, -0.1) is 0 Å². The number of carbonyl (C=O) groups is 1. The Morgan fingerprint density at radius 3 is 2.63 bits per heavy atom. The van der Waals surface area contributed by atoms with E-state index in [0.29, 0.717) is 0 Å². The summed E-state index contributed by atoms with van der Waals surface area (Å²) in [7, 11) is 0. The average molecular weight is 415 g/mol.